The molecule has 7 nitrogen and oxygen atoms in total. The number of hydrogen-bond donors (Lipinski definition) is 1. The second-order valence-corrected chi connectivity index (χ2v) is 7.60. The van der Waals surface area contributed by atoms with E-state index in [9.17, 15) is 0 Å². The first-order chi connectivity index (χ1) is 11.2. The summed E-state index contributed by atoms with van der Waals surface area (Å²) in [5, 5.41) is 3.28. The molecule has 1 N–H and O–H groups in total. The maximum Gasteiger partial charge on any atom is 0.321 e. The molecule has 0 amide bonds. The molecule has 0 unspecified atom stereocenters. The quantitative estimate of drug-likeness (QED) is 0.653. The molecule has 24 heavy (non-hydrogen) atoms. The highest BCUT2D eigenvalue weighted by molar-refractivity contribution is 5.27. The van der Waals surface area contributed by atoms with Crippen LogP contribution in [0.5, 0.6) is 6.01 Å². The lowest BCUT2D eigenvalue weighted by atomic mass is 9.96. The van der Waals surface area contributed by atoms with Crippen LogP contribution in [0, 0.1) is 0 Å². The maximum absolute atomic E-state index is 5.74. The van der Waals surface area contributed by atoms with Crippen LogP contribution in [-0.4, -0.2) is 79.2 Å². The first-order valence-electron chi connectivity index (χ1n) is 8.61. The van der Waals surface area contributed by atoms with Crippen molar-refractivity contribution in [2.75, 3.05) is 59.7 Å². The zero-order valence-electron chi connectivity index (χ0n) is 16.4. The third kappa shape index (κ3) is 8.40. The number of ether oxygens (including phenoxy) is 1. The highest BCUT2D eigenvalue weighted by Crippen LogP contribution is 2.21. The third-order valence-corrected chi connectivity index (χ3v) is 3.33. The summed E-state index contributed by atoms with van der Waals surface area (Å²) in [5.41, 5.74) is -0.148. The number of nitrogens with one attached hydrogen (secondary N) is 1. The standard InChI is InChI=1S/C17H34N6O/c1-17(2,3)14-19-15(18-10-8-11-22(4)5)21-16(20-14)24-13-9-12-23(6)7/h8-13H2,1-7H3,(H,18,19,20,21). The minimum Gasteiger partial charge on any atom is -0.463 e. The fourth-order valence-corrected chi connectivity index (χ4v) is 1.98. The number of hydrogen-bond acceptors (Lipinski definition) is 7. The van der Waals surface area contributed by atoms with Gasteiger partial charge in [-0.15, -0.1) is 0 Å². The molecule has 0 atom stereocenters. The van der Waals surface area contributed by atoms with Crippen molar-refractivity contribution in [2.24, 2.45) is 0 Å². The van der Waals surface area contributed by atoms with Crippen LogP contribution >= 0.6 is 0 Å². The van der Waals surface area contributed by atoms with Crippen molar-refractivity contribution in [1.29, 1.82) is 0 Å². The van der Waals surface area contributed by atoms with Gasteiger partial charge in [-0.2, -0.15) is 15.0 Å². The summed E-state index contributed by atoms with van der Waals surface area (Å²) in [6, 6.07) is 0.406. The van der Waals surface area contributed by atoms with Gasteiger partial charge in [0.2, 0.25) is 5.95 Å². The molecule has 0 saturated heterocycles. The normalized spacial score (nSPS) is 12.0. The van der Waals surface area contributed by atoms with Gasteiger partial charge in [0.25, 0.3) is 0 Å². The lowest BCUT2D eigenvalue weighted by Crippen LogP contribution is -2.21. The second-order valence-electron chi connectivity index (χ2n) is 7.60. The number of nitrogens with zero attached hydrogens (tertiary/aromatic N) is 5. The van der Waals surface area contributed by atoms with Gasteiger partial charge in [-0.1, -0.05) is 20.8 Å². The van der Waals surface area contributed by atoms with Crippen LogP contribution in [0.25, 0.3) is 0 Å². The molecule has 7 heteroatoms. The number of aromatic nitrogens is 3. The lowest BCUT2D eigenvalue weighted by Gasteiger charge is -2.18. The Hall–Kier alpha value is -1.47. The van der Waals surface area contributed by atoms with Crippen molar-refractivity contribution in [2.45, 2.75) is 39.0 Å². The van der Waals surface area contributed by atoms with Gasteiger partial charge in [0.1, 0.15) is 5.82 Å². The molecule has 1 heterocycles. The summed E-state index contributed by atoms with van der Waals surface area (Å²) >= 11 is 0. The van der Waals surface area contributed by atoms with Crippen LogP contribution in [-0.2, 0) is 5.41 Å². The van der Waals surface area contributed by atoms with E-state index in [1.165, 1.54) is 0 Å². The largest absolute Gasteiger partial charge is 0.463 e. The van der Waals surface area contributed by atoms with Crippen molar-refractivity contribution in [1.82, 2.24) is 24.8 Å². The van der Waals surface area contributed by atoms with E-state index in [1.54, 1.807) is 0 Å². The predicted octanol–water partition coefficient (Wildman–Crippen LogP) is 1.86. The Balaban J connectivity index is 2.69. The van der Waals surface area contributed by atoms with E-state index in [-0.39, 0.29) is 5.41 Å². The summed E-state index contributed by atoms with van der Waals surface area (Å²) in [6.45, 7) is 9.71. The molecule has 1 rings (SSSR count). The van der Waals surface area contributed by atoms with Gasteiger partial charge in [0.05, 0.1) is 6.61 Å². The monoisotopic (exact) mass is 338 g/mol. The average molecular weight is 339 g/mol. The molecule has 0 radical (unpaired) electrons. The molecule has 0 aromatic carbocycles. The minimum absolute atomic E-state index is 0.148. The van der Waals surface area contributed by atoms with E-state index < -0.39 is 0 Å². The Kier molecular flexibility index (Phi) is 8.35. The topological polar surface area (TPSA) is 66.4 Å². The SMILES string of the molecule is CN(C)CCCNc1nc(OCCCN(C)C)nc(C(C)(C)C)n1. The number of rotatable bonds is 10. The lowest BCUT2D eigenvalue weighted by molar-refractivity contribution is 0.261. The predicted molar refractivity (Wildman–Crippen MR) is 98.9 cm³/mol. The zero-order valence-corrected chi connectivity index (χ0v) is 16.4. The van der Waals surface area contributed by atoms with Gasteiger partial charge >= 0.3 is 6.01 Å². The Morgan fingerprint density at radius 1 is 0.917 bits per heavy atom. The summed E-state index contributed by atoms with van der Waals surface area (Å²) < 4.78 is 5.74. The molecule has 0 saturated carbocycles. The van der Waals surface area contributed by atoms with Gasteiger partial charge < -0.3 is 19.9 Å². The second kappa shape index (κ2) is 9.74. The van der Waals surface area contributed by atoms with Crippen molar-refractivity contribution >= 4 is 5.95 Å². The van der Waals surface area contributed by atoms with Crippen molar-refractivity contribution in [3.63, 3.8) is 0 Å². The molecular weight excluding hydrogens is 304 g/mol. The van der Waals surface area contributed by atoms with E-state index in [4.69, 9.17) is 4.74 Å². The van der Waals surface area contributed by atoms with Crippen LogP contribution in [0.3, 0.4) is 0 Å². The van der Waals surface area contributed by atoms with E-state index in [0.717, 1.165) is 38.3 Å². The molecule has 0 spiro atoms. The summed E-state index contributed by atoms with van der Waals surface area (Å²) in [5.74, 6) is 1.34. The van der Waals surface area contributed by atoms with Crippen LogP contribution in [0.15, 0.2) is 0 Å². The van der Waals surface area contributed by atoms with Gasteiger partial charge in [0, 0.05) is 18.5 Å². The third-order valence-electron chi connectivity index (χ3n) is 3.33. The fraction of sp³-hybridized carbons (Fsp3) is 0.824. The maximum atomic E-state index is 5.74. The molecule has 0 fully saturated rings. The van der Waals surface area contributed by atoms with Gasteiger partial charge in [-0.3, -0.25) is 0 Å². The first kappa shape index (κ1) is 20.6. The Morgan fingerprint density at radius 2 is 1.54 bits per heavy atom. The molecule has 0 aliphatic rings. The van der Waals surface area contributed by atoms with Crippen LogP contribution in [0.2, 0.25) is 0 Å². The molecule has 138 valence electrons. The van der Waals surface area contributed by atoms with Gasteiger partial charge in [0.15, 0.2) is 0 Å². The van der Waals surface area contributed by atoms with Crippen molar-refractivity contribution in [3.05, 3.63) is 5.82 Å². The van der Waals surface area contributed by atoms with Crippen LogP contribution in [0.1, 0.15) is 39.4 Å². The minimum atomic E-state index is -0.148. The highest BCUT2D eigenvalue weighted by Gasteiger charge is 2.20. The van der Waals surface area contributed by atoms with Crippen LogP contribution < -0.4 is 10.1 Å². The summed E-state index contributed by atoms with van der Waals surface area (Å²) in [7, 11) is 8.24. The molecule has 0 aliphatic heterocycles. The number of anilines is 1. The summed E-state index contributed by atoms with van der Waals surface area (Å²) in [4.78, 5) is 17.7. The molecular formula is C17H34N6O. The molecule has 1 aromatic heterocycles. The van der Waals surface area contributed by atoms with E-state index >= 15 is 0 Å². The fourth-order valence-electron chi connectivity index (χ4n) is 1.98. The van der Waals surface area contributed by atoms with Gasteiger partial charge in [-0.05, 0) is 47.6 Å². The Labute approximate surface area is 146 Å². The van der Waals surface area contributed by atoms with E-state index in [1.807, 2.05) is 0 Å². The smallest absolute Gasteiger partial charge is 0.321 e. The van der Waals surface area contributed by atoms with E-state index in [2.05, 4.69) is 79.0 Å². The average Bonchev–Trinajstić information content (AvgIpc) is 2.47. The first-order valence-corrected chi connectivity index (χ1v) is 8.61. The van der Waals surface area contributed by atoms with Crippen molar-refractivity contribution in [3.8, 4) is 6.01 Å². The zero-order chi connectivity index (χ0) is 18.2. The Bertz CT molecular complexity index is 450. The molecule has 0 aliphatic carbocycles. The van der Waals surface area contributed by atoms with Crippen molar-refractivity contribution < 1.29 is 4.74 Å². The molecule has 0 bridgehead atoms. The van der Waals surface area contributed by atoms with E-state index in [0.29, 0.717) is 18.6 Å². The van der Waals surface area contributed by atoms with Gasteiger partial charge in [-0.25, -0.2) is 0 Å². The Morgan fingerprint density at radius 3 is 2.12 bits per heavy atom. The molecule has 1 aromatic rings. The highest BCUT2D eigenvalue weighted by atomic mass is 16.5. The van der Waals surface area contributed by atoms with Crippen LogP contribution in [0.4, 0.5) is 5.95 Å². The summed E-state index contributed by atoms with van der Waals surface area (Å²) in [6.07, 6.45) is 1.97.